The third kappa shape index (κ3) is 6.60. The van der Waals surface area contributed by atoms with Gasteiger partial charge in [0.15, 0.2) is 5.96 Å². The number of rotatable bonds is 6. The number of guanidine groups is 1. The standard InChI is InChI=1S/C17H33N5O2S/c1-4-9-21-10-7-16(8-11-21)20-17(18-2)19-14-15-5-12-22(13-6-15)25(3,23)24/h4,15-16H,1,5-14H2,2-3H3,(H2,18,19,20). The van der Waals surface area contributed by atoms with Crippen LogP contribution in [0.1, 0.15) is 25.7 Å². The van der Waals surface area contributed by atoms with Gasteiger partial charge in [0, 0.05) is 52.4 Å². The number of likely N-dealkylation sites (tertiary alicyclic amines) is 1. The Balaban J connectivity index is 1.69. The molecule has 0 aromatic heterocycles. The van der Waals surface area contributed by atoms with Gasteiger partial charge < -0.3 is 10.6 Å². The van der Waals surface area contributed by atoms with Crippen LogP contribution in [0.4, 0.5) is 0 Å². The van der Waals surface area contributed by atoms with Crippen LogP contribution in [0.25, 0.3) is 0 Å². The van der Waals surface area contributed by atoms with Crippen LogP contribution in [0.2, 0.25) is 0 Å². The predicted octanol–water partition coefficient (Wildman–Crippen LogP) is 0.473. The molecule has 25 heavy (non-hydrogen) atoms. The Morgan fingerprint density at radius 1 is 1.20 bits per heavy atom. The topological polar surface area (TPSA) is 77.0 Å². The number of aliphatic imine (C=N–C) groups is 1. The van der Waals surface area contributed by atoms with Crippen molar-refractivity contribution in [1.29, 1.82) is 0 Å². The van der Waals surface area contributed by atoms with Gasteiger partial charge in [-0.15, -0.1) is 6.58 Å². The molecular formula is C17H33N5O2S. The van der Waals surface area contributed by atoms with E-state index in [1.165, 1.54) is 6.26 Å². The van der Waals surface area contributed by atoms with Crippen LogP contribution in [-0.2, 0) is 10.0 Å². The van der Waals surface area contributed by atoms with Crippen LogP contribution in [-0.4, -0.2) is 82.2 Å². The van der Waals surface area contributed by atoms with Crippen molar-refractivity contribution < 1.29 is 8.42 Å². The Bertz CT molecular complexity index is 547. The number of nitrogens with one attached hydrogen (secondary N) is 2. The summed E-state index contributed by atoms with van der Waals surface area (Å²) in [6.45, 7) is 9.03. The van der Waals surface area contributed by atoms with Gasteiger partial charge in [-0.25, -0.2) is 12.7 Å². The first-order chi connectivity index (χ1) is 11.9. The molecule has 2 heterocycles. The summed E-state index contributed by atoms with van der Waals surface area (Å²) in [5, 5.41) is 6.94. The van der Waals surface area contributed by atoms with E-state index in [0.29, 0.717) is 25.0 Å². The van der Waals surface area contributed by atoms with E-state index in [4.69, 9.17) is 0 Å². The molecule has 2 aliphatic rings. The van der Waals surface area contributed by atoms with Crippen molar-refractivity contribution in [3.8, 4) is 0 Å². The van der Waals surface area contributed by atoms with Crippen molar-refractivity contribution in [3.63, 3.8) is 0 Å². The molecule has 0 aromatic carbocycles. The minimum absolute atomic E-state index is 0.458. The molecule has 0 bridgehead atoms. The highest BCUT2D eigenvalue weighted by Gasteiger charge is 2.25. The van der Waals surface area contributed by atoms with E-state index in [1.807, 2.05) is 6.08 Å². The van der Waals surface area contributed by atoms with Gasteiger partial charge in [0.2, 0.25) is 10.0 Å². The third-order valence-corrected chi connectivity index (χ3v) is 6.44. The van der Waals surface area contributed by atoms with Gasteiger partial charge in [-0.2, -0.15) is 0 Å². The average molecular weight is 372 g/mol. The van der Waals surface area contributed by atoms with Gasteiger partial charge in [0.25, 0.3) is 0 Å². The maximum absolute atomic E-state index is 11.6. The smallest absolute Gasteiger partial charge is 0.211 e. The second kappa shape index (κ2) is 9.54. The van der Waals surface area contributed by atoms with Crippen molar-refractivity contribution in [2.24, 2.45) is 10.9 Å². The molecule has 2 rings (SSSR count). The summed E-state index contributed by atoms with van der Waals surface area (Å²) in [5.74, 6) is 1.35. The summed E-state index contributed by atoms with van der Waals surface area (Å²) in [4.78, 5) is 6.75. The molecule has 0 atom stereocenters. The number of hydrogen-bond donors (Lipinski definition) is 2. The van der Waals surface area contributed by atoms with E-state index >= 15 is 0 Å². The van der Waals surface area contributed by atoms with Gasteiger partial charge >= 0.3 is 0 Å². The fourth-order valence-corrected chi connectivity index (χ4v) is 4.39. The van der Waals surface area contributed by atoms with E-state index in [-0.39, 0.29) is 0 Å². The van der Waals surface area contributed by atoms with Crippen molar-refractivity contribution in [2.75, 3.05) is 52.6 Å². The lowest BCUT2D eigenvalue weighted by Gasteiger charge is -2.33. The van der Waals surface area contributed by atoms with Crippen molar-refractivity contribution >= 4 is 16.0 Å². The average Bonchev–Trinajstić information content (AvgIpc) is 2.60. The van der Waals surface area contributed by atoms with E-state index in [2.05, 4.69) is 27.1 Å². The summed E-state index contributed by atoms with van der Waals surface area (Å²) in [6.07, 6.45) is 7.28. The van der Waals surface area contributed by atoms with Gasteiger partial charge in [0.1, 0.15) is 0 Å². The lowest BCUT2D eigenvalue weighted by molar-refractivity contribution is 0.224. The Morgan fingerprint density at radius 2 is 1.84 bits per heavy atom. The van der Waals surface area contributed by atoms with Crippen LogP contribution in [0.3, 0.4) is 0 Å². The van der Waals surface area contributed by atoms with Crippen LogP contribution in [0.15, 0.2) is 17.6 Å². The zero-order chi connectivity index (χ0) is 18.3. The third-order valence-electron chi connectivity index (χ3n) is 5.14. The molecule has 8 heteroatoms. The molecule has 2 N–H and O–H groups in total. The van der Waals surface area contributed by atoms with Crippen LogP contribution < -0.4 is 10.6 Å². The largest absolute Gasteiger partial charge is 0.356 e. The van der Waals surface area contributed by atoms with Crippen LogP contribution in [0, 0.1) is 5.92 Å². The second-order valence-electron chi connectivity index (χ2n) is 7.07. The molecule has 0 saturated carbocycles. The minimum atomic E-state index is -3.05. The number of piperidine rings is 2. The molecule has 0 amide bonds. The van der Waals surface area contributed by atoms with Gasteiger partial charge in [-0.05, 0) is 31.6 Å². The van der Waals surface area contributed by atoms with Gasteiger partial charge in [-0.1, -0.05) is 6.08 Å². The molecule has 7 nitrogen and oxygen atoms in total. The first-order valence-electron chi connectivity index (χ1n) is 9.18. The van der Waals surface area contributed by atoms with Gasteiger partial charge in [0.05, 0.1) is 6.26 Å². The molecule has 0 radical (unpaired) electrons. The fourth-order valence-electron chi connectivity index (χ4n) is 3.52. The predicted molar refractivity (Wildman–Crippen MR) is 103 cm³/mol. The Morgan fingerprint density at radius 3 is 2.36 bits per heavy atom. The van der Waals surface area contributed by atoms with Crippen molar-refractivity contribution in [2.45, 2.75) is 31.7 Å². The Kier molecular flexibility index (Phi) is 7.71. The van der Waals surface area contributed by atoms with Crippen molar-refractivity contribution in [1.82, 2.24) is 19.8 Å². The molecule has 0 spiro atoms. The highest BCUT2D eigenvalue weighted by molar-refractivity contribution is 7.88. The van der Waals surface area contributed by atoms with E-state index in [1.54, 1.807) is 11.4 Å². The maximum Gasteiger partial charge on any atom is 0.211 e. The van der Waals surface area contributed by atoms with Crippen LogP contribution >= 0.6 is 0 Å². The zero-order valence-electron chi connectivity index (χ0n) is 15.6. The summed E-state index contributed by atoms with van der Waals surface area (Å²) in [7, 11) is -1.25. The SMILES string of the molecule is C=CCN1CCC(NC(=NC)NCC2CCN(S(C)(=O)=O)CC2)CC1. The number of nitrogens with zero attached hydrogens (tertiary/aromatic N) is 3. The number of sulfonamides is 1. The molecule has 0 aromatic rings. The summed E-state index contributed by atoms with van der Waals surface area (Å²) < 4.78 is 24.7. The highest BCUT2D eigenvalue weighted by atomic mass is 32.2. The monoisotopic (exact) mass is 371 g/mol. The normalized spacial score (nSPS) is 22.7. The Labute approximate surface area is 152 Å². The molecular weight excluding hydrogens is 338 g/mol. The van der Waals surface area contributed by atoms with Crippen molar-refractivity contribution in [3.05, 3.63) is 12.7 Å². The summed E-state index contributed by atoms with van der Waals surface area (Å²) >= 11 is 0. The minimum Gasteiger partial charge on any atom is -0.356 e. The summed E-state index contributed by atoms with van der Waals surface area (Å²) in [5.41, 5.74) is 0. The zero-order valence-corrected chi connectivity index (χ0v) is 16.4. The highest BCUT2D eigenvalue weighted by Crippen LogP contribution is 2.18. The van der Waals surface area contributed by atoms with E-state index in [0.717, 1.165) is 57.8 Å². The summed E-state index contributed by atoms with van der Waals surface area (Å²) in [6, 6.07) is 0.458. The van der Waals surface area contributed by atoms with E-state index in [9.17, 15) is 8.42 Å². The quantitative estimate of drug-likeness (QED) is 0.403. The first kappa shape index (κ1) is 20.2. The molecule has 2 saturated heterocycles. The fraction of sp³-hybridized carbons (Fsp3) is 0.824. The molecule has 0 unspecified atom stereocenters. The Hall–Kier alpha value is -1.12. The maximum atomic E-state index is 11.6. The van der Waals surface area contributed by atoms with Crippen LogP contribution in [0.5, 0.6) is 0 Å². The molecule has 144 valence electrons. The second-order valence-corrected chi connectivity index (χ2v) is 9.05. The van der Waals surface area contributed by atoms with Gasteiger partial charge in [-0.3, -0.25) is 9.89 Å². The molecule has 0 aliphatic carbocycles. The lowest BCUT2D eigenvalue weighted by Crippen LogP contribution is -2.50. The molecule has 2 aliphatic heterocycles. The molecule has 2 fully saturated rings. The lowest BCUT2D eigenvalue weighted by atomic mass is 9.98. The first-order valence-corrected chi connectivity index (χ1v) is 11.0. The van der Waals surface area contributed by atoms with E-state index < -0.39 is 10.0 Å². The number of hydrogen-bond acceptors (Lipinski definition) is 4.